The lowest BCUT2D eigenvalue weighted by Crippen LogP contribution is -2.21. The van der Waals surface area contributed by atoms with Crippen LogP contribution >= 0.6 is 0 Å². The van der Waals surface area contributed by atoms with Crippen molar-refractivity contribution in [3.63, 3.8) is 0 Å². The van der Waals surface area contributed by atoms with E-state index in [1.165, 1.54) is 5.57 Å². The molecule has 0 saturated heterocycles. The minimum atomic E-state index is 0.748. The SMILES string of the molecule is CCC(=Cc1ccc(CC)o1)CNCCOC. The Balaban J connectivity index is 2.47. The fourth-order valence-corrected chi connectivity index (χ4v) is 1.56. The van der Waals surface area contributed by atoms with E-state index in [0.717, 1.165) is 44.1 Å². The predicted octanol–water partition coefficient (Wildman–Crippen LogP) is 2.87. The molecule has 0 bridgehead atoms. The average Bonchev–Trinajstić information content (AvgIpc) is 2.80. The second kappa shape index (κ2) is 8.09. The van der Waals surface area contributed by atoms with Crippen LogP contribution in [0.15, 0.2) is 22.1 Å². The van der Waals surface area contributed by atoms with Gasteiger partial charge in [-0.1, -0.05) is 19.4 Å². The van der Waals surface area contributed by atoms with Crippen molar-refractivity contribution < 1.29 is 9.15 Å². The van der Waals surface area contributed by atoms with Crippen molar-refractivity contribution in [1.82, 2.24) is 5.32 Å². The van der Waals surface area contributed by atoms with Crippen molar-refractivity contribution >= 4 is 6.08 Å². The molecule has 0 unspecified atom stereocenters. The molecule has 17 heavy (non-hydrogen) atoms. The van der Waals surface area contributed by atoms with Gasteiger partial charge in [-0.05, 0) is 24.6 Å². The summed E-state index contributed by atoms with van der Waals surface area (Å²) in [5, 5.41) is 3.34. The molecule has 0 aliphatic heterocycles. The Morgan fingerprint density at radius 2 is 2.24 bits per heavy atom. The number of rotatable bonds is 8. The molecule has 0 aliphatic rings. The van der Waals surface area contributed by atoms with Gasteiger partial charge in [-0.2, -0.15) is 0 Å². The summed E-state index contributed by atoms with van der Waals surface area (Å²) in [5.74, 6) is 1.99. The van der Waals surface area contributed by atoms with Gasteiger partial charge in [-0.25, -0.2) is 0 Å². The van der Waals surface area contributed by atoms with Crippen LogP contribution in [0.2, 0.25) is 0 Å². The summed E-state index contributed by atoms with van der Waals surface area (Å²) in [6, 6.07) is 4.07. The van der Waals surface area contributed by atoms with Crippen LogP contribution in [-0.2, 0) is 11.2 Å². The van der Waals surface area contributed by atoms with Crippen LogP contribution in [-0.4, -0.2) is 26.8 Å². The Morgan fingerprint density at radius 3 is 2.82 bits per heavy atom. The summed E-state index contributed by atoms with van der Waals surface area (Å²) in [5.41, 5.74) is 1.35. The number of furan rings is 1. The third kappa shape index (κ3) is 5.20. The Bertz CT molecular complexity index is 342. The van der Waals surface area contributed by atoms with Gasteiger partial charge in [0.25, 0.3) is 0 Å². The lowest BCUT2D eigenvalue weighted by molar-refractivity contribution is 0.200. The largest absolute Gasteiger partial charge is 0.462 e. The van der Waals surface area contributed by atoms with Crippen molar-refractivity contribution in [2.24, 2.45) is 0 Å². The Hall–Kier alpha value is -1.06. The third-order valence-corrected chi connectivity index (χ3v) is 2.67. The minimum absolute atomic E-state index is 0.748. The topological polar surface area (TPSA) is 34.4 Å². The number of hydrogen-bond acceptors (Lipinski definition) is 3. The first-order valence-corrected chi connectivity index (χ1v) is 6.28. The summed E-state index contributed by atoms with van der Waals surface area (Å²) in [7, 11) is 1.72. The number of aryl methyl sites for hydroxylation is 1. The zero-order valence-electron chi connectivity index (χ0n) is 11.1. The summed E-state index contributed by atoms with van der Waals surface area (Å²) in [6.45, 7) is 6.78. The summed E-state index contributed by atoms with van der Waals surface area (Å²) >= 11 is 0. The number of nitrogens with one attached hydrogen (secondary N) is 1. The van der Waals surface area contributed by atoms with Gasteiger partial charge in [0.1, 0.15) is 11.5 Å². The van der Waals surface area contributed by atoms with Crippen LogP contribution in [0.3, 0.4) is 0 Å². The maximum atomic E-state index is 5.66. The molecule has 96 valence electrons. The molecule has 0 spiro atoms. The van der Waals surface area contributed by atoms with E-state index in [1.54, 1.807) is 7.11 Å². The van der Waals surface area contributed by atoms with Crippen LogP contribution in [0.1, 0.15) is 31.8 Å². The standard InChI is InChI=1S/C14H23NO2/c1-4-12(11-15-8-9-16-3)10-14-7-6-13(5-2)17-14/h6-7,10,15H,4-5,8-9,11H2,1-3H3. The van der Waals surface area contributed by atoms with Gasteiger partial charge in [-0.3, -0.25) is 0 Å². The van der Waals surface area contributed by atoms with Gasteiger partial charge < -0.3 is 14.5 Å². The minimum Gasteiger partial charge on any atom is -0.462 e. The maximum Gasteiger partial charge on any atom is 0.127 e. The first-order valence-electron chi connectivity index (χ1n) is 6.28. The highest BCUT2D eigenvalue weighted by Crippen LogP contribution is 2.13. The fraction of sp³-hybridized carbons (Fsp3) is 0.571. The van der Waals surface area contributed by atoms with Crippen molar-refractivity contribution in [3.05, 3.63) is 29.2 Å². The second-order valence-electron chi connectivity index (χ2n) is 3.98. The molecule has 0 atom stereocenters. The van der Waals surface area contributed by atoms with E-state index < -0.39 is 0 Å². The van der Waals surface area contributed by atoms with Crippen molar-refractivity contribution in [2.75, 3.05) is 26.8 Å². The molecule has 0 saturated carbocycles. The summed E-state index contributed by atoms with van der Waals surface area (Å²) in [4.78, 5) is 0. The number of methoxy groups -OCH3 is 1. The quantitative estimate of drug-likeness (QED) is 0.706. The fourth-order valence-electron chi connectivity index (χ4n) is 1.56. The molecular weight excluding hydrogens is 214 g/mol. The van der Waals surface area contributed by atoms with Gasteiger partial charge in [0, 0.05) is 26.6 Å². The summed E-state index contributed by atoms with van der Waals surface area (Å²) < 4.78 is 10.7. The molecule has 1 rings (SSSR count). The molecule has 1 N–H and O–H groups in total. The van der Waals surface area contributed by atoms with Crippen LogP contribution in [0.5, 0.6) is 0 Å². The molecular formula is C14H23NO2. The number of ether oxygens (including phenoxy) is 1. The van der Waals surface area contributed by atoms with Crippen molar-refractivity contribution in [2.45, 2.75) is 26.7 Å². The molecule has 0 aromatic carbocycles. The van der Waals surface area contributed by atoms with Crippen LogP contribution < -0.4 is 5.32 Å². The first-order chi connectivity index (χ1) is 8.30. The maximum absolute atomic E-state index is 5.66. The van der Waals surface area contributed by atoms with Gasteiger partial charge in [0.05, 0.1) is 6.61 Å². The highest BCUT2D eigenvalue weighted by Gasteiger charge is 2.00. The molecule has 0 amide bonds. The smallest absolute Gasteiger partial charge is 0.127 e. The predicted molar refractivity (Wildman–Crippen MR) is 71.1 cm³/mol. The Labute approximate surface area is 104 Å². The van der Waals surface area contributed by atoms with Crippen molar-refractivity contribution in [3.8, 4) is 0 Å². The van der Waals surface area contributed by atoms with Gasteiger partial charge in [-0.15, -0.1) is 0 Å². The van der Waals surface area contributed by atoms with Gasteiger partial charge in [0.2, 0.25) is 0 Å². The van der Waals surface area contributed by atoms with Gasteiger partial charge in [0.15, 0.2) is 0 Å². The molecule has 1 aromatic rings. The van der Waals surface area contributed by atoms with E-state index in [1.807, 2.05) is 12.1 Å². The molecule has 0 fully saturated rings. The normalized spacial score (nSPS) is 12.1. The van der Waals surface area contributed by atoms with E-state index >= 15 is 0 Å². The zero-order valence-corrected chi connectivity index (χ0v) is 11.1. The second-order valence-corrected chi connectivity index (χ2v) is 3.98. The molecule has 3 heteroatoms. The molecule has 0 radical (unpaired) electrons. The van der Waals surface area contributed by atoms with E-state index in [0.29, 0.717) is 0 Å². The van der Waals surface area contributed by atoms with E-state index in [-0.39, 0.29) is 0 Å². The first kappa shape index (κ1) is 14.0. The molecule has 1 heterocycles. The summed E-state index contributed by atoms with van der Waals surface area (Å²) in [6.07, 6.45) is 4.10. The Morgan fingerprint density at radius 1 is 1.41 bits per heavy atom. The van der Waals surface area contributed by atoms with Crippen LogP contribution in [0.4, 0.5) is 0 Å². The van der Waals surface area contributed by atoms with E-state index in [4.69, 9.17) is 9.15 Å². The highest BCUT2D eigenvalue weighted by molar-refractivity contribution is 5.48. The molecule has 3 nitrogen and oxygen atoms in total. The van der Waals surface area contributed by atoms with Crippen molar-refractivity contribution in [1.29, 1.82) is 0 Å². The van der Waals surface area contributed by atoms with Gasteiger partial charge >= 0.3 is 0 Å². The third-order valence-electron chi connectivity index (χ3n) is 2.67. The van der Waals surface area contributed by atoms with Crippen LogP contribution in [0, 0.1) is 0 Å². The molecule has 1 aromatic heterocycles. The average molecular weight is 237 g/mol. The number of hydrogen-bond donors (Lipinski definition) is 1. The highest BCUT2D eigenvalue weighted by atomic mass is 16.5. The Kier molecular flexibility index (Phi) is 6.67. The zero-order chi connectivity index (χ0) is 12.5. The lowest BCUT2D eigenvalue weighted by atomic mass is 10.1. The molecule has 0 aliphatic carbocycles. The van der Waals surface area contributed by atoms with E-state index in [9.17, 15) is 0 Å². The monoisotopic (exact) mass is 237 g/mol. The van der Waals surface area contributed by atoms with E-state index in [2.05, 4.69) is 25.2 Å². The van der Waals surface area contributed by atoms with Crippen LogP contribution in [0.25, 0.3) is 6.08 Å². The lowest BCUT2D eigenvalue weighted by Gasteiger charge is -2.06.